The van der Waals surface area contributed by atoms with Crippen molar-refractivity contribution < 1.29 is 14.3 Å². The molecular formula is C13H25ClN2O3. The Morgan fingerprint density at radius 3 is 2.84 bits per heavy atom. The Hall–Kier alpha value is -0.360. The smallest absolute Gasteiger partial charge is 0.239 e. The van der Waals surface area contributed by atoms with E-state index in [1.807, 2.05) is 0 Å². The number of halogens is 1. The summed E-state index contributed by atoms with van der Waals surface area (Å²) in [6, 6.07) is -0.196. The fourth-order valence-electron chi connectivity index (χ4n) is 2.70. The molecule has 19 heavy (non-hydrogen) atoms. The quantitative estimate of drug-likeness (QED) is 0.795. The molecule has 0 aromatic rings. The van der Waals surface area contributed by atoms with E-state index in [0.29, 0.717) is 31.6 Å². The second-order valence-electron chi connectivity index (χ2n) is 5.45. The third-order valence-electron chi connectivity index (χ3n) is 3.70. The molecule has 2 N–H and O–H groups in total. The van der Waals surface area contributed by atoms with Gasteiger partial charge in [-0.2, -0.15) is 0 Å². The lowest BCUT2D eigenvalue weighted by Gasteiger charge is -2.25. The molecule has 2 saturated heterocycles. The van der Waals surface area contributed by atoms with Crippen LogP contribution in [-0.2, 0) is 14.3 Å². The fourth-order valence-corrected chi connectivity index (χ4v) is 2.70. The molecule has 2 aliphatic rings. The van der Waals surface area contributed by atoms with Gasteiger partial charge in [0.05, 0.1) is 19.3 Å². The number of carbonyl (C=O) groups excluding carboxylic acids is 1. The number of morpholine rings is 1. The highest BCUT2D eigenvalue weighted by molar-refractivity contribution is 5.85. The van der Waals surface area contributed by atoms with E-state index in [2.05, 4.69) is 24.5 Å². The summed E-state index contributed by atoms with van der Waals surface area (Å²) in [4.78, 5) is 11.9. The topological polar surface area (TPSA) is 59.6 Å². The first kappa shape index (κ1) is 16.7. The van der Waals surface area contributed by atoms with Crippen molar-refractivity contribution in [3.05, 3.63) is 0 Å². The highest BCUT2D eigenvalue weighted by Gasteiger charge is 2.31. The van der Waals surface area contributed by atoms with Crippen molar-refractivity contribution in [3.8, 4) is 0 Å². The summed E-state index contributed by atoms with van der Waals surface area (Å²) in [7, 11) is 0. The lowest BCUT2D eigenvalue weighted by Crippen LogP contribution is -2.52. The number of carbonyl (C=O) groups is 1. The molecule has 5 nitrogen and oxygen atoms in total. The van der Waals surface area contributed by atoms with Gasteiger partial charge in [-0.15, -0.1) is 12.4 Å². The highest BCUT2D eigenvalue weighted by atomic mass is 35.5. The third-order valence-corrected chi connectivity index (χ3v) is 3.70. The predicted molar refractivity (Wildman–Crippen MR) is 75.6 cm³/mol. The van der Waals surface area contributed by atoms with Crippen molar-refractivity contribution in [1.82, 2.24) is 10.6 Å². The SMILES string of the molecule is CC(C)C1OCCC1CNC(=O)C1COCCN1.Cl. The highest BCUT2D eigenvalue weighted by Crippen LogP contribution is 2.26. The van der Waals surface area contributed by atoms with Crippen LogP contribution in [0.5, 0.6) is 0 Å². The first-order valence-corrected chi connectivity index (χ1v) is 6.89. The van der Waals surface area contributed by atoms with Crippen molar-refractivity contribution >= 4 is 18.3 Å². The Morgan fingerprint density at radius 2 is 2.21 bits per heavy atom. The Kier molecular flexibility index (Phi) is 7.07. The molecular weight excluding hydrogens is 268 g/mol. The molecule has 0 spiro atoms. The number of nitrogens with one attached hydrogen (secondary N) is 2. The lowest BCUT2D eigenvalue weighted by molar-refractivity contribution is -0.126. The third kappa shape index (κ3) is 4.60. The summed E-state index contributed by atoms with van der Waals surface area (Å²) in [5.74, 6) is 0.994. The molecule has 0 bridgehead atoms. The molecule has 0 aliphatic carbocycles. The largest absolute Gasteiger partial charge is 0.378 e. The zero-order valence-corrected chi connectivity index (χ0v) is 12.5. The molecule has 0 saturated carbocycles. The van der Waals surface area contributed by atoms with E-state index in [9.17, 15) is 4.79 Å². The van der Waals surface area contributed by atoms with Crippen LogP contribution < -0.4 is 10.6 Å². The molecule has 1 amide bonds. The molecule has 2 rings (SSSR count). The van der Waals surface area contributed by atoms with Gasteiger partial charge in [0, 0.05) is 25.6 Å². The summed E-state index contributed by atoms with van der Waals surface area (Å²) in [5, 5.41) is 6.18. The van der Waals surface area contributed by atoms with Crippen molar-refractivity contribution in [1.29, 1.82) is 0 Å². The van der Waals surface area contributed by atoms with Crippen molar-refractivity contribution in [3.63, 3.8) is 0 Å². The van der Waals surface area contributed by atoms with Crippen LogP contribution in [0.3, 0.4) is 0 Å². The van der Waals surface area contributed by atoms with Gasteiger partial charge in [0.25, 0.3) is 0 Å². The first-order chi connectivity index (χ1) is 8.68. The van der Waals surface area contributed by atoms with E-state index >= 15 is 0 Å². The summed E-state index contributed by atoms with van der Waals surface area (Å²) in [6.07, 6.45) is 1.32. The van der Waals surface area contributed by atoms with Crippen LogP contribution >= 0.6 is 12.4 Å². The molecule has 2 fully saturated rings. The fraction of sp³-hybridized carbons (Fsp3) is 0.923. The molecule has 2 heterocycles. The van der Waals surface area contributed by atoms with Crippen LogP contribution in [0.1, 0.15) is 20.3 Å². The minimum absolute atomic E-state index is 0. The zero-order chi connectivity index (χ0) is 13.0. The van der Waals surface area contributed by atoms with E-state index in [1.165, 1.54) is 0 Å². The standard InChI is InChI=1S/C13H24N2O3.ClH/c1-9(2)12-10(3-5-18-12)7-15-13(16)11-8-17-6-4-14-11;/h9-12,14H,3-8H2,1-2H3,(H,15,16);1H. The van der Waals surface area contributed by atoms with Gasteiger partial charge in [0.2, 0.25) is 5.91 Å². The van der Waals surface area contributed by atoms with Crippen LogP contribution in [-0.4, -0.2) is 51.0 Å². The van der Waals surface area contributed by atoms with Gasteiger partial charge < -0.3 is 20.1 Å². The Balaban J connectivity index is 0.00000180. The normalized spacial score (nSPS) is 31.0. The number of amides is 1. The summed E-state index contributed by atoms with van der Waals surface area (Å²) in [6.45, 7) is 7.77. The van der Waals surface area contributed by atoms with Gasteiger partial charge in [-0.3, -0.25) is 4.79 Å². The van der Waals surface area contributed by atoms with E-state index < -0.39 is 0 Å². The summed E-state index contributed by atoms with van der Waals surface area (Å²) >= 11 is 0. The Bertz CT molecular complexity index is 283. The summed E-state index contributed by atoms with van der Waals surface area (Å²) in [5.41, 5.74) is 0. The average Bonchev–Trinajstić information content (AvgIpc) is 2.85. The van der Waals surface area contributed by atoms with Gasteiger partial charge in [0.15, 0.2) is 0 Å². The van der Waals surface area contributed by atoms with E-state index in [0.717, 1.165) is 19.6 Å². The molecule has 0 aromatic heterocycles. The van der Waals surface area contributed by atoms with Crippen molar-refractivity contribution in [2.24, 2.45) is 11.8 Å². The number of hydrogen-bond donors (Lipinski definition) is 2. The maximum absolute atomic E-state index is 11.9. The van der Waals surface area contributed by atoms with Crippen LogP contribution in [0.2, 0.25) is 0 Å². The predicted octanol–water partition coefficient (Wildman–Crippen LogP) is 0.574. The first-order valence-electron chi connectivity index (χ1n) is 6.89. The molecule has 6 heteroatoms. The molecule has 0 radical (unpaired) electrons. The lowest BCUT2D eigenvalue weighted by atomic mass is 9.93. The van der Waals surface area contributed by atoms with Gasteiger partial charge in [-0.1, -0.05) is 13.8 Å². The number of rotatable bonds is 4. The summed E-state index contributed by atoms with van der Waals surface area (Å²) < 4.78 is 11.0. The van der Waals surface area contributed by atoms with E-state index in [-0.39, 0.29) is 30.5 Å². The van der Waals surface area contributed by atoms with Crippen LogP contribution in [0, 0.1) is 11.8 Å². The molecule has 0 aromatic carbocycles. The Labute approximate surface area is 121 Å². The van der Waals surface area contributed by atoms with Crippen molar-refractivity contribution in [2.75, 3.05) is 32.9 Å². The Morgan fingerprint density at radius 1 is 1.42 bits per heavy atom. The maximum Gasteiger partial charge on any atom is 0.239 e. The van der Waals surface area contributed by atoms with Crippen molar-refractivity contribution in [2.45, 2.75) is 32.4 Å². The molecule has 112 valence electrons. The maximum atomic E-state index is 11.9. The van der Waals surface area contributed by atoms with Gasteiger partial charge in [-0.05, 0) is 12.3 Å². The van der Waals surface area contributed by atoms with E-state index in [4.69, 9.17) is 9.47 Å². The van der Waals surface area contributed by atoms with Gasteiger partial charge in [0.1, 0.15) is 6.04 Å². The minimum atomic E-state index is -0.196. The van der Waals surface area contributed by atoms with Gasteiger partial charge in [-0.25, -0.2) is 0 Å². The molecule has 3 atom stereocenters. The average molecular weight is 293 g/mol. The monoisotopic (exact) mass is 292 g/mol. The van der Waals surface area contributed by atoms with Crippen LogP contribution in [0.15, 0.2) is 0 Å². The van der Waals surface area contributed by atoms with E-state index in [1.54, 1.807) is 0 Å². The molecule has 3 unspecified atom stereocenters. The van der Waals surface area contributed by atoms with Crippen LogP contribution in [0.4, 0.5) is 0 Å². The minimum Gasteiger partial charge on any atom is -0.378 e. The molecule has 2 aliphatic heterocycles. The number of hydrogen-bond acceptors (Lipinski definition) is 4. The second kappa shape index (κ2) is 8.04. The van der Waals surface area contributed by atoms with Crippen LogP contribution in [0.25, 0.3) is 0 Å². The zero-order valence-electron chi connectivity index (χ0n) is 11.7. The van der Waals surface area contributed by atoms with Gasteiger partial charge >= 0.3 is 0 Å². The second-order valence-corrected chi connectivity index (χ2v) is 5.45. The number of ether oxygens (including phenoxy) is 2.